The van der Waals surface area contributed by atoms with Crippen molar-refractivity contribution < 1.29 is 9.90 Å². The number of hydrogen-bond acceptors (Lipinski definition) is 4. The zero-order chi connectivity index (χ0) is 13.1. The summed E-state index contributed by atoms with van der Waals surface area (Å²) in [5, 5.41) is 16.3. The molecule has 1 aliphatic carbocycles. The molecule has 18 heavy (non-hydrogen) atoms. The van der Waals surface area contributed by atoms with Crippen LogP contribution in [0.15, 0.2) is 12.4 Å². The van der Waals surface area contributed by atoms with Gasteiger partial charge in [0, 0.05) is 24.8 Å². The van der Waals surface area contributed by atoms with Crippen LogP contribution in [-0.4, -0.2) is 32.9 Å². The van der Waals surface area contributed by atoms with Gasteiger partial charge in [-0.2, -0.15) is 5.10 Å². The molecule has 1 fully saturated rings. The van der Waals surface area contributed by atoms with E-state index in [9.17, 15) is 9.90 Å². The lowest BCUT2D eigenvalue weighted by molar-refractivity contribution is -0.123. The van der Waals surface area contributed by atoms with Crippen LogP contribution in [0.3, 0.4) is 0 Å². The van der Waals surface area contributed by atoms with E-state index in [2.05, 4.69) is 10.4 Å². The Morgan fingerprint density at radius 1 is 1.56 bits per heavy atom. The minimum atomic E-state index is -0.675. The molecule has 2 rings (SSSR count). The van der Waals surface area contributed by atoms with Gasteiger partial charge >= 0.3 is 0 Å². The fourth-order valence-corrected chi connectivity index (χ4v) is 2.26. The van der Waals surface area contributed by atoms with Crippen molar-refractivity contribution in [2.24, 2.45) is 12.8 Å². The lowest BCUT2D eigenvalue weighted by Gasteiger charge is -2.27. The molecule has 0 aliphatic heterocycles. The Balaban J connectivity index is 1.88. The number of rotatable bonds is 3. The zero-order valence-corrected chi connectivity index (χ0v) is 10.5. The van der Waals surface area contributed by atoms with E-state index in [0.29, 0.717) is 5.56 Å². The minimum absolute atomic E-state index is 0.128. The highest BCUT2D eigenvalue weighted by molar-refractivity contribution is 5.83. The molecule has 1 aliphatic rings. The molecule has 0 radical (unpaired) electrons. The first kappa shape index (κ1) is 13.0. The zero-order valence-electron chi connectivity index (χ0n) is 10.5. The van der Waals surface area contributed by atoms with Crippen molar-refractivity contribution in [2.45, 2.75) is 43.9 Å². The van der Waals surface area contributed by atoms with E-state index >= 15 is 0 Å². The molecule has 1 aromatic rings. The third kappa shape index (κ3) is 3.08. The Morgan fingerprint density at radius 2 is 2.22 bits per heavy atom. The summed E-state index contributed by atoms with van der Waals surface area (Å²) in [4.78, 5) is 12.0. The largest absolute Gasteiger partial charge is 0.393 e. The molecular weight excluding hydrogens is 232 g/mol. The van der Waals surface area contributed by atoms with E-state index in [1.165, 1.54) is 0 Å². The second-order valence-electron chi connectivity index (χ2n) is 4.94. The normalized spacial score (nSPS) is 25.7. The number of aryl methyl sites for hydroxylation is 1. The van der Waals surface area contributed by atoms with E-state index in [0.717, 1.165) is 25.7 Å². The van der Waals surface area contributed by atoms with Gasteiger partial charge in [-0.05, 0) is 25.7 Å². The summed E-state index contributed by atoms with van der Waals surface area (Å²) in [6.45, 7) is 0. The number of amides is 1. The highest BCUT2D eigenvalue weighted by atomic mass is 16.3. The van der Waals surface area contributed by atoms with Crippen molar-refractivity contribution in [3.8, 4) is 0 Å². The van der Waals surface area contributed by atoms with Crippen molar-refractivity contribution in [3.63, 3.8) is 0 Å². The Morgan fingerprint density at radius 3 is 2.78 bits per heavy atom. The first-order valence-corrected chi connectivity index (χ1v) is 6.29. The van der Waals surface area contributed by atoms with Crippen LogP contribution < -0.4 is 11.1 Å². The summed E-state index contributed by atoms with van der Waals surface area (Å²) < 4.78 is 1.62. The molecule has 4 N–H and O–H groups in total. The van der Waals surface area contributed by atoms with E-state index in [1.807, 2.05) is 0 Å². The Labute approximate surface area is 106 Å². The highest BCUT2D eigenvalue weighted by Gasteiger charge is 2.24. The summed E-state index contributed by atoms with van der Waals surface area (Å²) in [5.41, 5.74) is 6.60. The van der Waals surface area contributed by atoms with Crippen molar-refractivity contribution in [3.05, 3.63) is 18.0 Å². The molecule has 1 atom stereocenters. The molecule has 0 aromatic carbocycles. The molecule has 100 valence electrons. The Bertz CT molecular complexity index is 410. The summed E-state index contributed by atoms with van der Waals surface area (Å²) in [5.74, 6) is -0.176. The van der Waals surface area contributed by atoms with Gasteiger partial charge in [0.2, 0.25) is 5.91 Å². The topological polar surface area (TPSA) is 93.2 Å². The summed E-state index contributed by atoms with van der Waals surface area (Å²) in [6, 6.07) is -0.547. The van der Waals surface area contributed by atoms with Gasteiger partial charge in [0.05, 0.1) is 12.3 Å². The summed E-state index contributed by atoms with van der Waals surface area (Å²) in [6.07, 6.45) is 6.24. The van der Waals surface area contributed by atoms with Gasteiger partial charge < -0.3 is 16.2 Å². The molecule has 1 saturated carbocycles. The van der Waals surface area contributed by atoms with Gasteiger partial charge in [-0.25, -0.2) is 0 Å². The number of aromatic nitrogens is 2. The van der Waals surface area contributed by atoms with Crippen LogP contribution in [0.25, 0.3) is 0 Å². The van der Waals surface area contributed by atoms with E-state index in [-0.39, 0.29) is 18.1 Å². The van der Waals surface area contributed by atoms with Gasteiger partial charge in [0.25, 0.3) is 0 Å². The van der Waals surface area contributed by atoms with Gasteiger partial charge in [-0.15, -0.1) is 0 Å². The molecule has 1 heterocycles. The average molecular weight is 252 g/mol. The number of aliphatic hydroxyl groups is 1. The number of nitrogens with zero attached hydrogens (tertiary/aromatic N) is 2. The maximum atomic E-state index is 12.0. The summed E-state index contributed by atoms with van der Waals surface area (Å²) in [7, 11) is 1.79. The second kappa shape index (κ2) is 5.49. The number of nitrogens with one attached hydrogen (secondary N) is 1. The minimum Gasteiger partial charge on any atom is -0.393 e. The molecule has 1 amide bonds. The fourth-order valence-electron chi connectivity index (χ4n) is 2.26. The van der Waals surface area contributed by atoms with E-state index in [4.69, 9.17) is 5.73 Å². The molecule has 6 heteroatoms. The lowest BCUT2D eigenvalue weighted by atomic mass is 9.93. The standard InChI is InChI=1S/C12H20N4O2/c1-16-7-8(6-14-16)11(13)12(18)15-9-2-4-10(17)5-3-9/h6-7,9-11,17H,2-5,13H2,1H3,(H,15,18). The van der Waals surface area contributed by atoms with Crippen molar-refractivity contribution in [1.82, 2.24) is 15.1 Å². The van der Waals surface area contributed by atoms with Crippen LogP contribution in [0.1, 0.15) is 37.3 Å². The van der Waals surface area contributed by atoms with Crippen LogP contribution in [0.5, 0.6) is 0 Å². The first-order chi connectivity index (χ1) is 8.56. The number of hydrogen-bond donors (Lipinski definition) is 3. The maximum Gasteiger partial charge on any atom is 0.241 e. The van der Waals surface area contributed by atoms with Crippen LogP contribution in [0, 0.1) is 0 Å². The van der Waals surface area contributed by atoms with Gasteiger partial charge in [-0.1, -0.05) is 0 Å². The van der Waals surface area contributed by atoms with Crippen LogP contribution >= 0.6 is 0 Å². The second-order valence-corrected chi connectivity index (χ2v) is 4.94. The number of carbonyl (C=O) groups excluding carboxylic acids is 1. The third-order valence-electron chi connectivity index (χ3n) is 3.41. The molecule has 1 unspecified atom stereocenters. The van der Waals surface area contributed by atoms with Gasteiger partial charge in [0.15, 0.2) is 0 Å². The smallest absolute Gasteiger partial charge is 0.241 e. The van der Waals surface area contributed by atoms with Crippen LogP contribution in [-0.2, 0) is 11.8 Å². The number of carbonyl (C=O) groups is 1. The number of aliphatic hydroxyl groups excluding tert-OH is 1. The lowest BCUT2D eigenvalue weighted by Crippen LogP contribution is -2.43. The van der Waals surface area contributed by atoms with Crippen molar-refractivity contribution >= 4 is 5.91 Å². The molecule has 1 aromatic heterocycles. The molecule has 0 saturated heterocycles. The Hall–Kier alpha value is -1.40. The van der Waals surface area contributed by atoms with Gasteiger partial charge in [0.1, 0.15) is 6.04 Å². The molecule has 6 nitrogen and oxygen atoms in total. The average Bonchev–Trinajstić information content (AvgIpc) is 2.78. The molecule has 0 bridgehead atoms. The third-order valence-corrected chi connectivity index (χ3v) is 3.41. The molecular formula is C12H20N4O2. The SMILES string of the molecule is Cn1cc(C(N)C(=O)NC2CCC(O)CC2)cn1. The predicted octanol–water partition coefficient (Wildman–Crippen LogP) is -0.160. The first-order valence-electron chi connectivity index (χ1n) is 6.29. The van der Waals surface area contributed by atoms with Gasteiger partial charge in [-0.3, -0.25) is 9.48 Å². The highest BCUT2D eigenvalue weighted by Crippen LogP contribution is 2.19. The van der Waals surface area contributed by atoms with E-state index < -0.39 is 6.04 Å². The van der Waals surface area contributed by atoms with Crippen molar-refractivity contribution in [1.29, 1.82) is 0 Å². The van der Waals surface area contributed by atoms with Crippen LogP contribution in [0.4, 0.5) is 0 Å². The van der Waals surface area contributed by atoms with Crippen molar-refractivity contribution in [2.75, 3.05) is 0 Å². The van der Waals surface area contributed by atoms with E-state index in [1.54, 1.807) is 24.1 Å². The summed E-state index contributed by atoms with van der Waals surface area (Å²) >= 11 is 0. The quantitative estimate of drug-likeness (QED) is 0.697. The molecule has 0 spiro atoms. The fraction of sp³-hybridized carbons (Fsp3) is 0.667. The maximum absolute atomic E-state index is 12.0. The number of nitrogens with two attached hydrogens (primary N) is 1. The predicted molar refractivity (Wildman–Crippen MR) is 66.5 cm³/mol. The monoisotopic (exact) mass is 252 g/mol. The van der Waals surface area contributed by atoms with Crippen LogP contribution in [0.2, 0.25) is 0 Å². The Kier molecular flexibility index (Phi) is 3.98.